The summed E-state index contributed by atoms with van der Waals surface area (Å²) in [7, 11) is -3.03. The van der Waals surface area contributed by atoms with Crippen LogP contribution < -0.4 is 0 Å². The summed E-state index contributed by atoms with van der Waals surface area (Å²) in [5, 5.41) is 4.49. The Kier molecular flexibility index (Phi) is 3.20. The first-order chi connectivity index (χ1) is 9.93. The van der Waals surface area contributed by atoms with Gasteiger partial charge in [-0.2, -0.15) is 5.10 Å². The fourth-order valence-electron chi connectivity index (χ4n) is 2.74. The largest absolute Gasteiger partial charge is 0.298 e. The van der Waals surface area contributed by atoms with Crippen molar-refractivity contribution in [1.82, 2.24) is 9.78 Å². The van der Waals surface area contributed by atoms with E-state index in [-0.39, 0.29) is 11.5 Å². The summed E-state index contributed by atoms with van der Waals surface area (Å²) in [4.78, 5) is 11.3. The van der Waals surface area contributed by atoms with Crippen LogP contribution in [0.4, 0.5) is 0 Å². The smallest absolute Gasteiger partial charge is 0.153 e. The van der Waals surface area contributed by atoms with E-state index in [2.05, 4.69) is 5.10 Å². The zero-order valence-corrected chi connectivity index (χ0v) is 12.5. The van der Waals surface area contributed by atoms with E-state index in [0.29, 0.717) is 17.7 Å². The maximum absolute atomic E-state index is 11.7. The highest BCUT2D eigenvalue weighted by Crippen LogP contribution is 2.32. The number of sulfone groups is 1. The van der Waals surface area contributed by atoms with Gasteiger partial charge in [-0.05, 0) is 13.3 Å². The Hall–Kier alpha value is -1.95. The minimum atomic E-state index is -3.03. The molecule has 0 saturated carbocycles. The van der Waals surface area contributed by atoms with Crippen LogP contribution in [0.15, 0.2) is 36.5 Å². The van der Waals surface area contributed by atoms with E-state index in [1.807, 2.05) is 37.3 Å². The van der Waals surface area contributed by atoms with E-state index in [9.17, 15) is 13.2 Å². The summed E-state index contributed by atoms with van der Waals surface area (Å²) in [5.74, 6) is 0.231. The molecule has 6 heteroatoms. The molecule has 1 aromatic carbocycles. The maximum atomic E-state index is 11.7. The number of nitrogens with zero attached hydrogens (tertiary/aromatic N) is 2. The number of aldehydes is 1. The fraction of sp³-hybridized carbons (Fsp3) is 0.333. The molecule has 3 rings (SSSR count). The molecule has 0 radical (unpaired) electrons. The lowest BCUT2D eigenvalue weighted by Gasteiger charge is -2.22. The molecule has 21 heavy (non-hydrogen) atoms. The van der Waals surface area contributed by atoms with Gasteiger partial charge in [-0.25, -0.2) is 8.42 Å². The van der Waals surface area contributed by atoms with Crippen molar-refractivity contribution in [3.8, 4) is 11.3 Å². The average Bonchev–Trinajstić information content (AvgIpc) is 3.02. The molecule has 0 N–H and O–H groups in total. The van der Waals surface area contributed by atoms with Crippen LogP contribution in [0.3, 0.4) is 0 Å². The normalized spacial score (nSPS) is 24.0. The molecule has 1 aliphatic heterocycles. The third-order valence-electron chi connectivity index (χ3n) is 3.95. The van der Waals surface area contributed by atoms with Gasteiger partial charge in [0.1, 0.15) is 5.69 Å². The number of aromatic nitrogens is 2. The van der Waals surface area contributed by atoms with Crippen LogP contribution in [0, 0.1) is 0 Å². The number of rotatable bonds is 3. The lowest BCUT2D eigenvalue weighted by atomic mass is 10.0. The van der Waals surface area contributed by atoms with Gasteiger partial charge < -0.3 is 0 Å². The van der Waals surface area contributed by atoms with Crippen molar-refractivity contribution in [2.24, 2.45) is 0 Å². The molecule has 1 saturated heterocycles. The Labute approximate surface area is 123 Å². The summed E-state index contributed by atoms with van der Waals surface area (Å²) in [6.07, 6.45) is 2.93. The van der Waals surface area contributed by atoms with Gasteiger partial charge in [0.05, 0.1) is 22.6 Å². The van der Waals surface area contributed by atoms with Gasteiger partial charge in [0.25, 0.3) is 0 Å². The minimum Gasteiger partial charge on any atom is -0.298 e. The van der Waals surface area contributed by atoms with Crippen molar-refractivity contribution in [1.29, 1.82) is 0 Å². The van der Waals surface area contributed by atoms with Crippen LogP contribution in [0.25, 0.3) is 11.3 Å². The van der Waals surface area contributed by atoms with E-state index < -0.39 is 15.4 Å². The minimum absolute atomic E-state index is 0.0637. The molecule has 110 valence electrons. The first kappa shape index (κ1) is 14.0. The maximum Gasteiger partial charge on any atom is 0.153 e. The predicted molar refractivity (Wildman–Crippen MR) is 80.0 cm³/mol. The number of carbonyl (C=O) groups is 1. The first-order valence-corrected chi connectivity index (χ1v) is 8.57. The molecule has 1 aromatic heterocycles. The summed E-state index contributed by atoms with van der Waals surface area (Å²) in [6.45, 7) is 1.87. The number of benzene rings is 1. The van der Waals surface area contributed by atoms with Crippen LogP contribution in [0.2, 0.25) is 0 Å². The SMILES string of the molecule is CC1(n2cc(C=O)c(-c3ccccc3)n2)CCS(=O)(=O)C1. The standard InChI is InChI=1S/C15H16N2O3S/c1-15(7-8-21(19,20)11-15)17-9-13(10-18)14(16-17)12-5-3-2-4-6-12/h2-6,9-10H,7-8,11H2,1H3. The van der Waals surface area contributed by atoms with Gasteiger partial charge in [0, 0.05) is 11.8 Å². The highest BCUT2D eigenvalue weighted by molar-refractivity contribution is 7.91. The van der Waals surface area contributed by atoms with E-state index in [1.54, 1.807) is 10.9 Å². The van der Waals surface area contributed by atoms with Gasteiger partial charge >= 0.3 is 0 Å². The van der Waals surface area contributed by atoms with Crippen LogP contribution in [0.5, 0.6) is 0 Å². The Morgan fingerprint density at radius 2 is 2.00 bits per heavy atom. The van der Waals surface area contributed by atoms with Crippen molar-refractivity contribution >= 4 is 16.1 Å². The Balaban J connectivity index is 2.07. The summed E-state index contributed by atoms with van der Waals surface area (Å²) in [5.41, 5.74) is 1.34. The van der Waals surface area contributed by atoms with Gasteiger partial charge in [0.2, 0.25) is 0 Å². The molecular weight excluding hydrogens is 288 g/mol. The van der Waals surface area contributed by atoms with Crippen molar-refractivity contribution in [2.45, 2.75) is 18.9 Å². The Morgan fingerprint density at radius 3 is 2.57 bits per heavy atom. The van der Waals surface area contributed by atoms with Crippen LogP contribution in [-0.4, -0.2) is 36.0 Å². The number of hydrogen-bond donors (Lipinski definition) is 0. The van der Waals surface area contributed by atoms with Crippen LogP contribution >= 0.6 is 0 Å². The zero-order valence-electron chi connectivity index (χ0n) is 11.7. The molecule has 1 unspecified atom stereocenters. The molecule has 0 spiro atoms. The van der Waals surface area contributed by atoms with Crippen LogP contribution in [-0.2, 0) is 15.4 Å². The van der Waals surface area contributed by atoms with Crippen molar-refractivity contribution in [2.75, 3.05) is 11.5 Å². The second-order valence-corrected chi connectivity index (χ2v) is 7.88. The second-order valence-electron chi connectivity index (χ2n) is 5.70. The van der Waals surface area contributed by atoms with Gasteiger partial charge in [0.15, 0.2) is 16.1 Å². The molecule has 1 fully saturated rings. The highest BCUT2D eigenvalue weighted by atomic mass is 32.2. The van der Waals surface area contributed by atoms with Crippen LogP contribution in [0.1, 0.15) is 23.7 Å². The van der Waals surface area contributed by atoms with Crippen molar-refractivity contribution < 1.29 is 13.2 Å². The summed E-state index contributed by atoms with van der Waals surface area (Å²) < 4.78 is 25.1. The predicted octanol–water partition coefficient (Wildman–Crippen LogP) is 1.90. The third kappa shape index (κ3) is 2.51. The number of carbonyl (C=O) groups excluding carboxylic acids is 1. The molecule has 0 amide bonds. The lowest BCUT2D eigenvalue weighted by molar-refractivity contribution is 0.112. The van der Waals surface area contributed by atoms with E-state index in [4.69, 9.17) is 0 Å². The molecule has 1 aliphatic rings. The number of hydrogen-bond acceptors (Lipinski definition) is 4. The molecule has 1 atom stereocenters. The Bertz CT molecular complexity index is 781. The zero-order chi connectivity index (χ0) is 15.1. The molecule has 0 aliphatic carbocycles. The van der Waals surface area contributed by atoms with E-state index >= 15 is 0 Å². The topological polar surface area (TPSA) is 69.0 Å². The molecule has 0 bridgehead atoms. The highest BCUT2D eigenvalue weighted by Gasteiger charge is 2.41. The monoisotopic (exact) mass is 304 g/mol. The lowest BCUT2D eigenvalue weighted by Crippen LogP contribution is -2.31. The summed E-state index contributed by atoms with van der Waals surface area (Å²) in [6, 6.07) is 9.42. The van der Waals surface area contributed by atoms with Crippen molar-refractivity contribution in [3.63, 3.8) is 0 Å². The quantitative estimate of drug-likeness (QED) is 0.812. The van der Waals surface area contributed by atoms with E-state index in [1.165, 1.54) is 0 Å². The van der Waals surface area contributed by atoms with Gasteiger partial charge in [-0.1, -0.05) is 30.3 Å². The van der Waals surface area contributed by atoms with Gasteiger partial charge in [-0.15, -0.1) is 0 Å². The Morgan fingerprint density at radius 1 is 1.29 bits per heavy atom. The average molecular weight is 304 g/mol. The first-order valence-electron chi connectivity index (χ1n) is 6.75. The fourth-order valence-corrected chi connectivity index (χ4v) is 4.86. The molecular formula is C15H16N2O3S. The van der Waals surface area contributed by atoms with E-state index in [0.717, 1.165) is 11.8 Å². The molecule has 2 aromatic rings. The second kappa shape index (κ2) is 4.80. The van der Waals surface area contributed by atoms with Gasteiger partial charge in [-0.3, -0.25) is 9.48 Å². The van der Waals surface area contributed by atoms with Crippen molar-refractivity contribution in [3.05, 3.63) is 42.1 Å². The molecule has 5 nitrogen and oxygen atoms in total. The molecule has 2 heterocycles. The summed E-state index contributed by atoms with van der Waals surface area (Å²) >= 11 is 0. The third-order valence-corrected chi connectivity index (χ3v) is 5.84.